The summed E-state index contributed by atoms with van der Waals surface area (Å²) in [6.07, 6.45) is -1.29. The van der Waals surface area contributed by atoms with Crippen molar-refractivity contribution in [2.45, 2.75) is 71.2 Å². The lowest BCUT2D eigenvalue weighted by molar-refractivity contribution is -0.167. The topological polar surface area (TPSA) is 72.2 Å². The summed E-state index contributed by atoms with van der Waals surface area (Å²) in [5.74, 6) is 0.478. The zero-order valence-corrected chi connectivity index (χ0v) is 27.3. The molecule has 1 aliphatic heterocycles. The lowest BCUT2D eigenvalue weighted by atomic mass is 9.91. The number of hydrogen-bond acceptors (Lipinski definition) is 5. The van der Waals surface area contributed by atoms with E-state index in [2.05, 4.69) is 0 Å². The number of nitrogens with zero attached hydrogens (tertiary/aromatic N) is 2. The molecule has 250 valence electrons. The molecular weight excluding hydrogens is 609 g/mol. The second-order valence-electron chi connectivity index (χ2n) is 12.0. The minimum atomic E-state index is -4.70. The van der Waals surface area contributed by atoms with E-state index >= 15 is 0 Å². The first-order chi connectivity index (χ1) is 22.5. The van der Waals surface area contributed by atoms with Crippen LogP contribution in [0.1, 0.15) is 72.9 Å². The highest BCUT2D eigenvalue weighted by Gasteiger charge is 2.47. The average molecular weight is 651 g/mol. The average Bonchev–Trinajstić information content (AvgIpc) is 3.04. The van der Waals surface area contributed by atoms with E-state index in [1.807, 2.05) is 75.4 Å². The molecule has 1 aliphatic rings. The molecule has 1 fully saturated rings. The molecule has 0 N–H and O–H groups in total. The fourth-order valence-electron chi connectivity index (χ4n) is 6.33. The van der Waals surface area contributed by atoms with Gasteiger partial charge in [0, 0.05) is 41.7 Å². The molecule has 3 aromatic carbocycles. The fourth-order valence-corrected chi connectivity index (χ4v) is 6.33. The van der Waals surface area contributed by atoms with Gasteiger partial charge in [0.05, 0.1) is 12.2 Å². The van der Waals surface area contributed by atoms with Crippen molar-refractivity contribution in [2.75, 3.05) is 26.9 Å². The Bertz CT molecular complexity index is 1750. The molecule has 1 aromatic heterocycles. The largest absolute Gasteiger partial charge is 0.493 e. The van der Waals surface area contributed by atoms with Crippen LogP contribution in [0.25, 0.3) is 11.0 Å². The number of unbranched alkanes of at least 4 members (excludes halogenated alkanes) is 1. The van der Waals surface area contributed by atoms with Crippen molar-refractivity contribution in [1.29, 1.82) is 0 Å². The molecule has 2 heterocycles. The molecule has 1 unspecified atom stereocenters. The van der Waals surface area contributed by atoms with E-state index in [0.29, 0.717) is 68.0 Å². The zero-order valence-electron chi connectivity index (χ0n) is 27.3. The van der Waals surface area contributed by atoms with Crippen LogP contribution in [0.2, 0.25) is 0 Å². The molecule has 2 amide bonds. The number of amides is 2. The number of aryl methyl sites for hydroxylation is 3. The van der Waals surface area contributed by atoms with Crippen LogP contribution in [0.3, 0.4) is 0 Å². The van der Waals surface area contributed by atoms with Crippen molar-refractivity contribution in [3.05, 3.63) is 111 Å². The number of rotatable bonds is 12. The number of urea groups is 1. The first kappa shape index (κ1) is 34.0. The number of halogens is 3. The van der Waals surface area contributed by atoms with E-state index in [-0.39, 0.29) is 30.3 Å². The number of fused-ring (bicyclic) bond motifs is 1. The maximum Gasteiger partial charge on any atom is 0.417 e. The van der Waals surface area contributed by atoms with E-state index in [4.69, 9.17) is 13.9 Å². The van der Waals surface area contributed by atoms with Crippen LogP contribution in [0.5, 0.6) is 5.75 Å². The second-order valence-corrected chi connectivity index (χ2v) is 12.0. The van der Waals surface area contributed by atoms with E-state index in [9.17, 15) is 22.8 Å². The van der Waals surface area contributed by atoms with E-state index < -0.39 is 23.1 Å². The summed E-state index contributed by atoms with van der Waals surface area (Å²) < 4.78 is 59.9. The zero-order chi connectivity index (χ0) is 33.8. The lowest BCUT2D eigenvalue weighted by Crippen LogP contribution is -2.60. The molecule has 1 saturated heterocycles. The predicted molar refractivity (Wildman–Crippen MR) is 174 cm³/mol. The minimum absolute atomic E-state index is 0.0731. The summed E-state index contributed by atoms with van der Waals surface area (Å²) in [6.45, 7) is 6.67. The summed E-state index contributed by atoms with van der Waals surface area (Å²) in [4.78, 5) is 29.2. The van der Waals surface area contributed by atoms with Gasteiger partial charge in [-0.05, 0) is 44.2 Å². The number of carbonyl (C=O) groups excluding carboxylic acids is 1. The minimum Gasteiger partial charge on any atom is -0.493 e. The van der Waals surface area contributed by atoms with Gasteiger partial charge in [0.2, 0.25) is 0 Å². The van der Waals surface area contributed by atoms with Crippen molar-refractivity contribution in [1.82, 2.24) is 9.80 Å². The monoisotopic (exact) mass is 650 g/mol. The molecule has 0 radical (unpaired) electrons. The third kappa shape index (κ3) is 6.88. The Morgan fingerprint density at radius 2 is 1.60 bits per heavy atom. The first-order valence-corrected chi connectivity index (χ1v) is 16.1. The summed E-state index contributed by atoms with van der Waals surface area (Å²) in [5, 5.41) is -0.124. The van der Waals surface area contributed by atoms with Crippen LogP contribution in [0.15, 0.2) is 75.9 Å². The highest BCUT2D eigenvalue weighted by molar-refractivity contribution is 5.87. The van der Waals surface area contributed by atoms with Gasteiger partial charge >= 0.3 is 17.8 Å². The summed E-state index contributed by atoms with van der Waals surface area (Å²) in [6, 6.07) is 19.5. The molecule has 0 spiro atoms. The van der Waals surface area contributed by atoms with Crippen molar-refractivity contribution in [3.63, 3.8) is 0 Å². The van der Waals surface area contributed by atoms with Crippen molar-refractivity contribution in [3.8, 4) is 5.75 Å². The summed E-state index contributed by atoms with van der Waals surface area (Å²) in [7, 11) is 1.75. The van der Waals surface area contributed by atoms with Gasteiger partial charge in [-0.2, -0.15) is 13.2 Å². The van der Waals surface area contributed by atoms with Crippen molar-refractivity contribution >= 4 is 17.0 Å². The molecular formula is C37H41F3N2O5. The van der Waals surface area contributed by atoms with Crippen molar-refractivity contribution in [2.24, 2.45) is 0 Å². The van der Waals surface area contributed by atoms with E-state index in [1.165, 1.54) is 6.07 Å². The SMILES string of the molecule is CCCc1cc2c(C(F)(F)F)cc(=O)oc2c(CCC)c1OCCCCN1COC(c2ccccc2)(c2ccc(C)cc2)N(C)C1=O. The molecule has 1 atom stereocenters. The highest BCUT2D eigenvalue weighted by Crippen LogP contribution is 2.41. The Morgan fingerprint density at radius 1 is 0.915 bits per heavy atom. The van der Waals surface area contributed by atoms with Crippen LogP contribution in [-0.2, 0) is 29.5 Å². The Balaban J connectivity index is 1.31. The normalized spacial score (nSPS) is 17.0. The van der Waals surface area contributed by atoms with Crippen LogP contribution in [0.4, 0.5) is 18.0 Å². The summed E-state index contributed by atoms with van der Waals surface area (Å²) >= 11 is 0. The Kier molecular flexibility index (Phi) is 10.3. The molecule has 0 bridgehead atoms. The molecule has 5 rings (SSSR count). The summed E-state index contributed by atoms with van der Waals surface area (Å²) in [5.41, 5.74) is 0.752. The molecule has 4 aromatic rings. The third-order valence-corrected chi connectivity index (χ3v) is 8.62. The van der Waals surface area contributed by atoms with Gasteiger partial charge in [0.25, 0.3) is 0 Å². The molecule has 47 heavy (non-hydrogen) atoms. The van der Waals surface area contributed by atoms with Crippen LogP contribution in [-0.4, -0.2) is 42.8 Å². The molecule has 0 aliphatic carbocycles. The molecule has 7 nitrogen and oxygen atoms in total. The van der Waals surface area contributed by atoms with Gasteiger partial charge in [0.15, 0.2) is 5.72 Å². The van der Waals surface area contributed by atoms with Gasteiger partial charge in [-0.15, -0.1) is 0 Å². The fraction of sp³-hybridized carbons (Fsp3) is 0.405. The number of benzene rings is 3. The number of alkyl halides is 3. The van der Waals surface area contributed by atoms with E-state index in [1.54, 1.807) is 16.8 Å². The van der Waals surface area contributed by atoms with E-state index in [0.717, 1.165) is 16.7 Å². The Labute approximate surface area is 272 Å². The van der Waals surface area contributed by atoms with Gasteiger partial charge in [0.1, 0.15) is 18.1 Å². The number of ether oxygens (including phenoxy) is 2. The Morgan fingerprint density at radius 3 is 2.26 bits per heavy atom. The first-order valence-electron chi connectivity index (χ1n) is 16.1. The Hall–Kier alpha value is -4.31. The maximum absolute atomic E-state index is 13.9. The van der Waals surface area contributed by atoms with Gasteiger partial charge < -0.3 is 18.8 Å². The van der Waals surface area contributed by atoms with Gasteiger partial charge in [-0.1, -0.05) is 86.8 Å². The van der Waals surface area contributed by atoms with Gasteiger partial charge in [-0.3, -0.25) is 4.90 Å². The van der Waals surface area contributed by atoms with Crippen LogP contribution < -0.4 is 10.4 Å². The molecule has 0 saturated carbocycles. The lowest BCUT2D eigenvalue weighted by Gasteiger charge is -2.48. The number of carbonyl (C=O) groups is 1. The third-order valence-electron chi connectivity index (χ3n) is 8.62. The quantitative estimate of drug-likeness (QED) is 0.114. The predicted octanol–water partition coefficient (Wildman–Crippen LogP) is 8.43. The van der Waals surface area contributed by atoms with Crippen LogP contribution in [0, 0.1) is 6.92 Å². The maximum atomic E-state index is 13.9. The highest BCUT2D eigenvalue weighted by atomic mass is 19.4. The molecule has 10 heteroatoms. The standard InChI is InChI=1S/C37H41F3N2O5/c1-5-12-26-22-30-31(37(38,39)40)23-32(43)47-34(30)29(13-6-2)33(26)45-21-11-10-20-42-24-46-36(41(4)35(42)44,27-14-8-7-9-15-27)28-18-16-25(3)17-19-28/h7-9,14-19,22-23H,5-6,10-13,20-21,24H2,1-4H3. The second kappa shape index (κ2) is 14.2. The van der Waals surface area contributed by atoms with Crippen LogP contribution >= 0.6 is 0 Å². The van der Waals surface area contributed by atoms with Gasteiger partial charge in [-0.25, -0.2) is 9.59 Å². The number of hydrogen-bond donors (Lipinski definition) is 0. The van der Waals surface area contributed by atoms with Crippen molar-refractivity contribution < 1.29 is 31.9 Å². The smallest absolute Gasteiger partial charge is 0.417 e.